The summed E-state index contributed by atoms with van der Waals surface area (Å²) >= 11 is 6.30. The van der Waals surface area contributed by atoms with Gasteiger partial charge in [0.05, 0.1) is 16.8 Å². The predicted octanol–water partition coefficient (Wildman–Crippen LogP) is 5.10. The van der Waals surface area contributed by atoms with Gasteiger partial charge in [-0.05, 0) is 57.5 Å². The number of nitrogens with one attached hydrogen (secondary N) is 1. The number of fused-ring (bicyclic) bond motifs is 1. The number of hydrogen-bond donors (Lipinski definition) is 2. The van der Waals surface area contributed by atoms with Crippen molar-refractivity contribution >= 4 is 22.5 Å². The molecule has 2 rings (SSSR count). The summed E-state index contributed by atoms with van der Waals surface area (Å²) in [4.78, 5) is 4.76. The Morgan fingerprint density at radius 3 is 2.50 bits per heavy atom. The van der Waals surface area contributed by atoms with Crippen LogP contribution in [-0.4, -0.2) is 29.3 Å². The Bertz CT molecular complexity index is 676. The van der Waals surface area contributed by atoms with Crippen LogP contribution in [0, 0.1) is 0 Å². The van der Waals surface area contributed by atoms with Crippen LogP contribution in [0.1, 0.15) is 58.1 Å². The smallest absolute Gasteiger partial charge is 0.146 e. The van der Waals surface area contributed by atoms with Crippen molar-refractivity contribution < 1.29 is 9.84 Å². The van der Waals surface area contributed by atoms with Gasteiger partial charge in [-0.3, -0.25) is 0 Å². The maximum Gasteiger partial charge on any atom is 0.146 e. The second kappa shape index (κ2) is 11.4. The normalized spacial score (nSPS) is 11.4. The molecule has 0 aliphatic rings. The number of aromatic nitrogens is 1. The van der Waals surface area contributed by atoms with E-state index >= 15 is 0 Å². The SMILES string of the molecule is CC(C)Oc1ccc(Cl)c2ccc(CNCCCCCCCCO)nc12. The van der Waals surface area contributed by atoms with Gasteiger partial charge in [-0.15, -0.1) is 0 Å². The van der Waals surface area contributed by atoms with Gasteiger partial charge < -0.3 is 15.2 Å². The molecule has 0 unspecified atom stereocenters. The Morgan fingerprint density at radius 2 is 1.77 bits per heavy atom. The Hall–Kier alpha value is -1.36. The number of rotatable bonds is 12. The first-order valence-corrected chi connectivity index (χ1v) is 10.1. The highest BCUT2D eigenvalue weighted by Crippen LogP contribution is 2.30. The van der Waals surface area contributed by atoms with Crippen LogP contribution in [0.25, 0.3) is 10.9 Å². The number of nitrogens with zero attached hydrogens (tertiary/aromatic N) is 1. The second-order valence-electron chi connectivity index (χ2n) is 6.93. The molecule has 0 aliphatic carbocycles. The minimum Gasteiger partial charge on any atom is -0.489 e. The number of halogens is 1. The molecule has 0 saturated heterocycles. The van der Waals surface area contributed by atoms with Crippen molar-refractivity contribution in [2.24, 2.45) is 0 Å². The number of benzene rings is 1. The molecular weight excluding hydrogens is 348 g/mol. The molecule has 0 radical (unpaired) electrons. The lowest BCUT2D eigenvalue weighted by atomic mass is 10.1. The molecule has 2 aromatic rings. The van der Waals surface area contributed by atoms with Crippen molar-refractivity contribution in [3.8, 4) is 5.75 Å². The van der Waals surface area contributed by atoms with Crippen molar-refractivity contribution in [3.05, 3.63) is 35.0 Å². The Labute approximate surface area is 161 Å². The predicted molar refractivity (Wildman–Crippen MR) is 109 cm³/mol. The van der Waals surface area contributed by atoms with E-state index in [0.29, 0.717) is 11.6 Å². The summed E-state index contributed by atoms with van der Waals surface area (Å²) in [6.07, 6.45) is 7.01. The maximum atomic E-state index is 8.76. The van der Waals surface area contributed by atoms with Gasteiger partial charge in [0.2, 0.25) is 0 Å². The summed E-state index contributed by atoms with van der Waals surface area (Å²) in [5.74, 6) is 0.782. The zero-order valence-electron chi connectivity index (χ0n) is 15.9. The van der Waals surface area contributed by atoms with Gasteiger partial charge in [-0.2, -0.15) is 0 Å². The molecule has 26 heavy (non-hydrogen) atoms. The summed E-state index contributed by atoms with van der Waals surface area (Å²) in [5.41, 5.74) is 1.82. The molecule has 0 spiro atoms. The first-order chi connectivity index (χ1) is 12.6. The average Bonchev–Trinajstić information content (AvgIpc) is 2.62. The molecule has 0 atom stereocenters. The molecule has 2 N–H and O–H groups in total. The van der Waals surface area contributed by atoms with Crippen LogP contribution in [-0.2, 0) is 6.54 Å². The van der Waals surface area contributed by atoms with Crippen LogP contribution in [0.15, 0.2) is 24.3 Å². The Kier molecular flexibility index (Phi) is 9.16. The summed E-state index contributed by atoms with van der Waals surface area (Å²) < 4.78 is 5.88. The number of ether oxygens (including phenoxy) is 1. The number of aliphatic hydroxyl groups is 1. The fourth-order valence-corrected chi connectivity index (χ4v) is 3.15. The quantitative estimate of drug-likeness (QED) is 0.504. The van der Waals surface area contributed by atoms with E-state index in [0.717, 1.165) is 48.3 Å². The summed E-state index contributed by atoms with van der Waals surface area (Å²) in [5, 5.41) is 13.8. The monoisotopic (exact) mass is 378 g/mol. The van der Waals surface area contributed by atoms with Crippen LogP contribution in [0.3, 0.4) is 0 Å². The molecule has 1 aromatic carbocycles. The molecule has 144 valence electrons. The fourth-order valence-electron chi connectivity index (χ4n) is 2.93. The first-order valence-electron chi connectivity index (χ1n) is 9.68. The Morgan fingerprint density at radius 1 is 1.04 bits per heavy atom. The third-order valence-corrected chi connectivity index (χ3v) is 4.58. The van der Waals surface area contributed by atoms with Crippen molar-refractivity contribution in [1.82, 2.24) is 10.3 Å². The van der Waals surface area contributed by atoms with Gasteiger partial charge in [0.15, 0.2) is 0 Å². The highest BCUT2D eigenvalue weighted by atomic mass is 35.5. The number of unbranched alkanes of at least 4 members (excludes halogenated alkanes) is 5. The number of hydrogen-bond acceptors (Lipinski definition) is 4. The van der Waals surface area contributed by atoms with Crippen molar-refractivity contribution in [2.45, 2.75) is 65.0 Å². The lowest BCUT2D eigenvalue weighted by Crippen LogP contribution is -2.15. The van der Waals surface area contributed by atoms with E-state index in [9.17, 15) is 0 Å². The van der Waals surface area contributed by atoms with Crippen LogP contribution >= 0.6 is 11.6 Å². The summed E-state index contributed by atoms with van der Waals surface area (Å²) in [6.45, 7) is 6.07. The van der Waals surface area contributed by atoms with Gasteiger partial charge >= 0.3 is 0 Å². The van der Waals surface area contributed by atoms with Crippen LogP contribution < -0.4 is 10.1 Å². The zero-order valence-corrected chi connectivity index (χ0v) is 16.7. The molecule has 0 amide bonds. The molecule has 0 saturated carbocycles. The third kappa shape index (κ3) is 6.75. The zero-order chi connectivity index (χ0) is 18.8. The molecule has 0 bridgehead atoms. The van der Waals surface area contributed by atoms with Crippen molar-refractivity contribution in [2.75, 3.05) is 13.2 Å². The first kappa shape index (κ1) is 20.9. The van der Waals surface area contributed by atoms with E-state index < -0.39 is 0 Å². The lowest BCUT2D eigenvalue weighted by molar-refractivity contribution is 0.245. The maximum absolute atomic E-state index is 8.76. The lowest BCUT2D eigenvalue weighted by Gasteiger charge is -2.13. The van der Waals surface area contributed by atoms with Crippen molar-refractivity contribution in [1.29, 1.82) is 0 Å². The van der Waals surface area contributed by atoms with E-state index in [1.807, 2.05) is 38.1 Å². The third-order valence-electron chi connectivity index (χ3n) is 4.26. The molecule has 4 nitrogen and oxygen atoms in total. The highest BCUT2D eigenvalue weighted by Gasteiger charge is 2.10. The average molecular weight is 379 g/mol. The molecule has 5 heteroatoms. The van der Waals surface area contributed by atoms with E-state index in [4.69, 9.17) is 26.4 Å². The fraction of sp³-hybridized carbons (Fsp3) is 0.571. The van der Waals surface area contributed by atoms with Gasteiger partial charge in [0, 0.05) is 18.5 Å². The minimum absolute atomic E-state index is 0.0975. The summed E-state index contributed by atoms with van der Waals surface area (Å²) in [6, 6.07) is 7.80. The summed E-state index contributed by atoms with van der Waals surface area (Å²) in [7, 11) is 0. The largest absolute Gasteiger partial charge is 0.489 e. The van der Waals surface area contributed by atoms with E-state index in [1.165, 1.54) is 25.7 Å². The molecule has 0 fully saturated rings. The van der Waals surface area contributed by atoms with Crippen molar-refractivity contribution in [3.63, 3.8) is 0 Å². The second-order valence-corrected chi connectivity index (χ2v) is 7.34. The topological polar surface area (TPSA) is 54.4 Å². The van der Waals surface area contributed by atoms with Crippen LogP contribution in [0.5, 0.6) is 5.75 Å². The van der Waals surface area contributed by atoms with Gasteiger partial charge in [0.25, 0.3) is 0 Å². The van der Waals surface area contributed by atoms with Gasteiger partial charge in [-0.1, -0.05) is 37.3 Å². The molecule has 0 aliphatic heterocycles. The minimum atomic E-state index is 0.0975. The van der Waals surface area contributed by atoms with Crippen LogP contribution in [0.4, 0.5) is 0 Å². The van der Waals surface area contributed by atoms with Crippen LogP contribution in [0.2, 0.25) is 5.02 Å². The van der Waals surface area contributed by atoms with E-state index in [-0.39, 0.29) is 6.10 Å². The molecular formula is C21H31ClN2O2. The van der Waals surface area contributed by atoms with Gasteiger partial charge in [-0.25, -0.2) is 4.98 Å². The standard InChI is InChI=1S/C21H31ClN2O2/c1-16(2)26-20-12-11-19(22)18-10-9-17(24-21(18)20)15-23-13-7-5-3-4-6-8-14-25/h9-12,16,23,25H,3-8,13-15H2,1-2H3. The van der Waals surface area contributed by atoms with E-state index in [1.54, 1.807) is 0 Å². The highest BCUT2D eigenvalue weighted by molar-refractivity contribution is 6.35. The van der Waals surface area contributed by atoms with Gasteiger partial charge in [0.1, 0.15) is 11.3 Å². The molecule has 1 heterocycles. The Balaban J connectivity index is 1.84. The molecule has 1 aromatic heterocycles. The number of pyridine rings is 1. The van der Waals surface area contributed by atoms with E-state index in [2.05, 4.69) is 5.32 Å². The number of aliphatic hydroxyl groups excluding tert-OH is 1.